The molecule has 0 saturated carbocycles. The standard InChI is InChI=1S/C14H18BrNO3/c1-9(13(18)16-14(2,3)4)19-12-10(8-17)6-5-7-11(12)15/h5-9H,1-4H3,(H,16,18). The molecule has 0 aromatic heterocycles. The molecule has 1 unspecified atom stereocenters. The molecule has 0 bridgehead atoms. The Morgan fingerprint density at radius 2 is 2.05 bits per heavy atom. The zero-order chi connectivity index (χ0) is 14.6. The van der Waals surface area contributed by atoms with Gasteiger partial charge in [0.05, 0.1) is 10.0 Å². The Hall–Kier alpha value is -1.36. The number of benzene rings is 1. The summed E-state index contributed by atoms with van der Waals surface area (Å²) >= 11 is 3.31. The van der Waals surface area contributed by atoms with Crippen molar-refractivity contribution in [3.8, 4) is 5.75 Å². The van der Waals surface area contributed by atoms with Gasteiger partial charge in [-0.2, -0.15) is 0 Å². The Bertz CT molecular complexity index is 480. The molecular formula is C14H18BrNO3. The number of nitrogens with one attached hydrogen (secondary N) is 1. The molecule has 0 radical (unpaired) electrons. The van der Waals surface area contributed by atoms with Crippen LogP contribution in [0.15, 0.2) is 22.7 Å². The molecule has 1 amide bonds. The molecule has 1 rings (SSSR count). The summed E-state index contributed by atoms with van der Waals surface area (Å²) in [5, 5.41) is 2.83. The molecule has 4 nitrogen and oxygen atoms in total. The molecule has 0 spiro atoms. The minimum Gasteiger partial charge on any atom is -0.479 e. The maximum Gasteiger partial charge on any atom is 0.261 e. The fourth-order valence-corrected chi connectivity index (χ4v) is 1.92. The van der Waals surface area contributed by atoms with Gasteiger partial charge in [0.1, 0.15) is 5.75 Å². The van der Waals surface area contributed by atoms with E-state index in [2.05, 4.69) is 21.2 Å². The first-order valence-electron chi connectivity index (χ1n) is 5.97. The largest absolute Gasteiger partial charge is 0.479 e. The number of aldehydes is 1. The molecule has 1 atom stereocenters. The van der Waals surface area contributed by atoms with Crippen molar-refractivity contribution >= 4 is 28.1 Å². The highest BCUT2D eigenvalue weighted by atomic mass is 79.9. The van der Waals surface area contributed by atoms with Crippen LogP contribution < -0.4 is 10.1 Å². The number of hydrogen-bond donors (Lipinski definition) is 1. The molecular weight excluding hydrogens is 310 g/mol. The highest BCUT2D eigenvalue weighted by Gasteiger charge is 2.22. The van der Waals surface area contributed by atoms with Gasteiger partial charge in [0.15, 0.2) is 12.4 Å². The molecule has 5 heteroatoms. The van der Waals surface area contributed by atoms with Gasteiger partial charge in [-0.15, -0.1) is 0 Å². The maximum atomic E-state index is 11.9. The molecule has 19 heavy (non-hydrogen) atoms. The molecule has 1 N–H and O–H groups in total. The third-order valence-electron chi connectivity index (χ3n) is 2.29. The van der Waals surface area contributed by atoms with Crippen molar-refractivity contribution in [3.63, 3.8) is 0 Å². The van der Waals surface area contributed by atoms with E-state index < -0.39 is 6.10 Å². The molecule has 0 aliphatic carbocycles. The van der Waals surface area contributed by atoms with Crippen molar-refractivity contribution in [2.24, 2.45) is 0 Å². The topological polar surface area (TPSA) is 55.4 Å². The summed E-state index contributed by atoms with van der Waals surface area (Å²) in [6.07, 6.45) is 0.0192. The number of ether oxygens (including phenoxy) is 1. The van der Waals surface area contributed by atoms with Crippen LogP contribution in [0.4, 0.5) is 0 Å². The Balaban J connectivity index is 2.85. The van der Waals surface area contributed by atoms with Gasteiger partial charge in [0.25, 0.3) is 5.91 Å². The molecule has 0 fully saturated rings. The summed E-state index contributed by atoms with van der Waals surface area (Å²) in [6, 6.07) is 5.14. The minimum absolute atomic E-state index is 0.222. The van der Waals surface area contributed by atoms with Crippen LogP contribution in [0.1, 0.15) is 38.1 Å². The lowest BCUT2D eigenvalue weighted by Crippen LogP contribution is -2.46. The second-order valence-electron chi connectivity index (χ2n) is 5.28. The van der Waals surface area contributed by atoms with Crippen LogP contribution in [0.5, 0.6) is 5.75 Å². The van der Waals surface area contributed by atoms with E-state index in [-0.39, 0.29) is 11.4 Å². The Labute approximate surface area is 121 Å². The van der Waals surface area contributed by atoms with Gasteiger partial charge in [0, 0.05) is 5.54 Å². The van der Waals surface area contributed by atoms with Crippen molar-refractivity contribution < 1.29 is 14.3 Å². The third-order valence-corrected chi connectivity index (χ3v) is 2.91. The lowest BCUT2D eigenvalue weighted by atomic mass is 10.1. The van der Waals surface area contributed by atoms with E-state index in [9.17, 15) is 9.59 Å². The number of carbonyl (C=O) groups is 2. The number of rotatable bonds is 4. The smallest absolute Gasteiger partial charge is 0.261 e. The third kappa shape index (κ3) is 4.67. The summed E-state index contributed by atoms with van der Waals surface area (Å²) < 4.78 is 6.23. The normalized spacial score (nSPS) is 12.7. The lowest BCUT2D eigenvalue weighted by molar-refractivity contribution is -0.128. The first kappa shape index (κ1) is 15.7. The second-order valence-corrected chi connectivity index (χ2v) is 6.13. The van der Waals surface area contributed by atoms with Crippen molar-refractivity contribution in [2.45, 2.75) is 39.3 Å². The van der Waals surface area contributed by atoms with Crippen LogP contribution in [0.2, 0.25) is 0 Å². The number of para-hydroxylation sites is 1. The highest BCUT2D eigenvalue weighted by molar-refractivity contribution is 9.10. The van der Waals surface area contributed by atoms with Gasteiger partial charge < -0.3 is 10.1 Å². The molecule has 1 aromatic carbocycles. The molecule has 1 aromatic rings. The summed E-state index contributed by atoms with van der Waals surface area (Å²) in [4.78, 5) is 22.9. The minimum atomic E-state index is -0.684. The van der Waals surface area contributed by atoms with Crippen molar-refractivity contribution in [2.75, 3.05) is 0 Å². The van der Waals surface area contributed by atoms with E-state index in [4.69, 9.17) is 4.74 Å². The van der Waals surface area contributed by atoms with Crippen molar-refractivity contribution in [1.29, 1.82) is 0 Å². The van der Waals surface area contributed by atoms with Crippen molar-refractivity contribution in [3.05, 3.63) is 28.2 Å². The molecule has 0 saturated heterocycles. The number of halogens is 1. The monoisotopic (exact) mass is 327 g/mol. The van der Waals surface area contributed by atoms with Crippen LogP contribution in [0, 0.1) is 0 Å². The SMILES string of the molecule is CC(Oc1c(Br)cccc1C=O)C(=O)NC(C)(C)C. The van der Waals surface area contributed by atoms with E-state index in [1.54, 1.807) is 25.1 Å². The molecule has 0 aliphatic heterocycles. The fraction of sp³-hybridized carbons (Fsp3) is 0.429. The predicted octanol–water partition coefficient (Wildman–Crippen LogP) is 2.94. The van der Waals surface area contributed by atoms with Crippen LogP contribution in [0.25, 0.3) is 0 Å². The van der Waals surface area contributed by atoms with Crippen LogP contribution >= 0.6 is 15.9 Å². The maximum absolute atomic E-state index is 11.9. The van der Waals surface area contributed by atoms with Gasteiger partial charge in [0.2, 0.25) is 0 Å². The van der Waals surface area contributed by atoms with Crippen molar-refractivity contribution in [1.82, 2.24) is 5.32 Å². The van der Waals surface area contributed by atoms with E-state index in [1.807, 2.05) is 20.8 Å². The van der Waals surface area contributed by atoms with Gasteiger partial charge in [-0.05, 0) is 55.8 Å². The lowest BCUT2D eigenvalue weighted by Gasteiger charge is -2.24. The molecule has 0 heterocycles. The molecule has 104 valence electrons. The van der Waals surface area contributed by atoms with Gasteiger partial charge >= 0.3 is 0 Å². The first-order chi connectivity index (χ1) is 8.74. The fourth-order valence-electron chi connectivity index (χ4n) is 1.44. The zero-order valence-electron chi connectivity index (χ0n) is 11.5. The van der Waals surface area contributed by atoms with Gasteiger partial charge in [-0.3, -0.25) is 9.59 Å². The first-order valence-corrected chi connectivity index (χ1v) is 6.76. The summed E-state index contributed by atoms with van der Waals surface area (Å²) in [5.41, 5.74) is 0.0839. The van der Waals surface area contributed by atoms with E-state index >= 15 is 0 Å². The summed E-state index contributed by atoms with van der Waals surface area (Å²) in [7, 11) is 0. The van der Waals surface area contributed by atoms with E-state index in [1.165, 1.54) is 0 Å². The summed E-state index contributed by atoms with van der Waals surface area (Å²) in [5.74, 6) is 0.161. The predicted molar refractivity (Wildman–Crippen MR) is 77.5 cm³/mol. The Morgan fingerprint density at radius 3 is 2.58 bits per heavy atom. The number of hydrogen-bond acceptors (Lipinski definition) is 3. The van der Waals surface area contributed by atoms with E-state index in [0.717, 1.165) is 0 Å². The van der Waals surface area contributed by atoms with Crippen LogP contribution in [-0.2, 0) is 4.79 Å². The quantitative estimate of drug-likeness (QED) is 0.865. The average molecular weight is 328 g/mol. The number of amides is 1. The van der Waals surface area contributed by atoms with Crippen LogP contribution in [0.3, 0.4) is 0 Å². The second kappa shape index (κ2) is 6.19. The number of carbonyl (C=O) groups excluding carboxylic acids is 2. The molecule has 0 aliphatic rings. The zero-order valence-corrected chi connectivity index (χ0v) is 13.1. The van der Waals surface area contributed by atoms with Gasteiger partial charge in [-0.1, -0.05) is 6.07 Å². The highest BCUT2D eigenvalue weighted by Crippen LogP contribution is 2.29. The average Bonchev–Trinajstić information content (AvgIpc) is 2.29. The van der Waals surface area contributed by atoms with E-state index in [0.29, 0.717) is 22.1 Å². The van der Waals surface area contributed by atoms with Gasteiger partial charge in [-0.25, -0.2) is 0 Å². The Kier molecular flexibility index (Phi) is 5.11. The Morgan fingerprint density at radius 1 is 1.42 bits per heavy atom. The van der Waals surface area contributed by atoms with Crippen LogP contribution in [-0.4, -0.2) is 23.8 Å². The summed E-state index contributed by atoms with van der Waals surface area (Å²) in [6.45, 7) is 7.34.